The maximum Gasteiger partial charge on any atom is 0.260 e. The smallest absolute Gasteiger partial charge is 0.260 e. The molecule has 4 aliphatic rings. The molecule has 5 rings (SSSR count). The van der Waals surface area contributed by atoms with Gasteiger partial charge in [0.05, 0.1) is 18.9 Å². The minimum atomic E-state index is -3.37. The molecule has 1 aromatic rings. The number of hydrogen-bond acceptors (Lipinski definition) is 5. The normalized spacial score (nSPS) is 33.1. The van der Waals surface area contributed by atoms with E-state index < -0.39 is 10.0 Å². The number of nitrogens with one attached hydrogen (secondary N) is 1. The molecule has 9 heteroatoms. The summed E-state index contributed by atoms with van der Waals surface area (Å²) in [4.78, 5) is 14.7. The number of nitrogens with zero attached hydrogens (tertiary/aromatic N) is 1. The van der Waals surface area contributed by atoms with E-state index in [4.69, 9.17) is 9.47 Å². The summed E-state index contributed by atoms with van der Waals surface area (Å²) < 4.78 is 38.6. The van der Waals surface area contributed by atoms with Crippen molar-refractivity contribution in [2.45, 2.75) is 55.6 Å². The molecule has 1 amide bonds. The quantitative estimate of drug-likeness (QED) is 0.709. The summed E-state index contributed by atoms with van der Waals surface area (Å²) in [7, 11) is -1.24. The van der Waals surface area contributed by atoms with Crippen LogP contribution in [0.2, 0.25) is 0 Å². The second-order valence-electron chi connectivity index (χ2n) is 8.80. The zero-order chi connectivity index (χ0) is 20.6. The fourth-order valence-electron chi connectivity index (χ4n) is 4.92. The first-order valence-electron chi connectivity index (χ1n) is 10.4. The molecule has 2 fully saturated rings. The highest BCUT2D eigenvalue weighted by Gasteiger charge is 2.41. The topological polar surface area (TPSA) is 84.9 Å². The lowest BCUT2D eigenvalue weighted by Crippen LogP contribution is -2.51. The van der Waals surface area contributed by atoms with Crippen LogP contribution in [-0.4, -0.2) is 70.7 Å². The highest BCUT2D eigenvalue weighted by Crippen LogP contribution is 2.42. The molecule has 2 atom stereocenters. The molecule has 29 heavy (non-hydrogen) atoms. The maximum absolute atomic E-state index is 12.9. The molecule has 1 saturated heterocycles. The first-order chi connectivity index (χ1) is 13.7. The van der Waals surface area contributed by atoms with Gasteiger partial charge in [0.1, 0.15) is 13.6 Å². The Labute approximate surface area is 173 Å². The van der Waals surface area contributed by atoms with E-state index in [0.29, 0.717) is 25.5 Å². The van der Waals surface area contributed by atoms with Crippen molar-refractivity contribution in [1.82, 2.24) is 9.62 Å². The second kappa shape index (κ2) is 7.93. The number of carbonyl (C=O) groups is 1. The Bertz CT molecular complexity index is 869. The fraction of sp³-hybridized carbons (Fsp3) is 0.650. The number of ether oxygens (including phenoxy) is 2. The van der Waals surface area contributed by atoms with E-state index in [9.17, 15) is 13.2 Å². The third-order valence-electron chi connectivity index (χ3n) is 6.59. The summed E-state index contributed by atoms with van der Waals surface area (Å²) in [6.45, 7) is 0.764. The zero-order valence-electron chi connectivity index (χ0n) is 17.1. The Morgan fingerprint density at radius 3 is 2.66 bits per heavy atom. The van der Waals surface area contributed by atoms with Crippen molar-refractivity contribution >= 4 is 23.8 Å². The highest BCUT2D eigenvalue weighted by molar-refractivity contribution is 7.88. The first-order valence-corrected chi connectivity index (χ1v) is 12.3. The van der Waals surface area contributed by atoms with Crippen LogP contribution in [0.3, 0.4) is 0 Å². The first kappa shape index (κ1) is 20.7. The Hall–Kier alpha value is -1.58. The van der Waals surface area contributed by atoms with Crippen molar-refractivity contribution < 1.29 is 22.7 Å². The molecule has 1 aliphatic carbocycles. The Balaban J connectivity index is 1.63. The molecule has 0 radical (unpaired) electrons. The zero-order valence-corrected chi connectivity index (χ0v) is 17.9. The Kier molecular flexibility index (Phi) is 5.65. The van der Waals surface area contributed by atoms with Crippen LogP contribution in [0, 0.1) is 0 Å². The van der Waals surface area contributed by atoms with Crippen molar-refractivity contribution in [3.8, 4) is 5.75 Å². The van der Waals surface area contributed by atoms with E-state index in [1.807, 2.05) is 18.2 Å². The van der Waals surface area contributed by atoms with Crippen LogP contribution in [0.5, 0.6) is 5.75 Å². The summed E-state index contributed by atoms with van der Waals surface area (Å²) in [5, 5.41) is 0. The van der Waals surface area contributed by atoms with Crippen molar-refractivity contribution in [1.29, 1.82) is 0 Å². The SMILES string of the molecule is B[C@]12CC[C@H](CC1)c1ccccc1OCC(=O)N1CC[C@H](NS(C)(=O)=O)[C@@H]1CO2. The van der Waals surface area contributed by atoms with E-state index in [1.54, 1.807) is 4.90 Å². The number of benzene rings is 1. The van der Waals surface area contributed by atoms with Crippen molar-refractivity contribution in [2.75, 3.05) is 26.0 Å². The summed E-state index contributed by atoms with van der Waals surface area (Å²) in [6, 6.07) is 7.31. The molecule has 0 spiro atoms. The molecule has 7 nitrogen and oxygen atoms in total. The van der Waals surface area contributed by atoms with Gasteiger partial charge in [-0.2, -0.15) is 0 Å². The van der Waals surface area contributed by atoms with Crippen molar-refractivity contribution in [3.63, 3.8) is 0 Å². The lowest BCUT2D eigenvalue weighted by Gasteiger charge is -2.39. The largest absolute Gasteiger partial charge is 0.483 e. The Morgan fingerprint density at radius 1 is 1.21 bits per heavy atom. The van der Waals surface area contributed by atoms with Gasteiger partial charge in [0.2, 0.25) is 10.0 Å². The fourth-order valence-corrected chi connectivity index (χ4v) is 5.75. The van der Waals surface area contributed by atoms with Crippen LogP contribution in [0.15, 0.2) is 24.3 Å². The Morgan fingerprint density at radius 2 is 1.93 bits per heavy atom. The number of carbonyl (C=O) groups excluding carboxylic acids is 1. The molecule has 0 aromatic heterocycles. The summed E-state index contributed by atoms with van der Waals surface area (Å²) in [5.41, 5.74) is 0.906. The predicted octanol–water partition coefficient (Wildman–Crippen LogP) is 0.601. The number of amides is 1. The second-order valence-corrected chi connectivity index (χ2v) is 10.6. The van der Waals surface area contributed by atoms with Gasteiger partial charge in [-0.05, 0) is 49.7 Å². The van der Waals surface area contributed by atoms with Gasteiger partial charge in [-0.25, -0.2) is 13.1 Å². The van der Waals surface area contributed by atoms with Crippen LogP contribution in [0.4, 0.5) is 0 Å². The molecular weight excluding hydrogens is 391 g/mol. The van der Waals surface area contributed by atoms with Gasteiger partial charge in [-0.15, -0.1) is 0 Å². The molecule has 3 heterocycles. The molecular formula is C20H29BN2O5S. The standard InChI is InChI=1S/C20H29BN2O5S/c1-29(25,26)22-16-8-11-23-17(16)12-28-20(21)9-6-14(7-10-20)15-4-2-3-5-18(15)27-13-19(23)24/h2-5,14,16-17,22H,6-13,21H2,1H3/t14-,16-,17-,20+/m0/s1. The van der Waals surface area contributed by atoms with Gasteiger partial charge < -0.3 is 14.4 Å². The molecule has 1 aromatic carbocycles. The number of fused-ring (bicyclic) bond motifs is 5. The molecule has 1 N–H and O–H groups in total. The van der Waals surface area contributed by atoms with Gasteiger partial charge in [0.15, 0.2) is 6.61 Å². The average molecular weight is 420 g/mol. The van der Waals surface area contributed by atoms with Gasteiger partial charge in [0.25, 0.3) is 5.91 Å². The average Bonchev–Trinajstić information content (AvgIpc) is 3.06. The van der Waals surface area contributed by atoms with E-state index in [2.05, 4.69) is 18.6 Å². The predicted molar refractivity (Wildman–Crippen MR) is 112 cm³/mol. The van der Waals surface area contributed by atoms with Gasteiger partial charge >= 0.3 is 0 Å². The third kappa shape index (κ3) is 4.62. The number of rotatable bonds is 2. The van der Waals surface area contributed by atoms with Crippen molar-refractivity contribution in [2.24, 2.45) is 0 Å². The summed E-state index contributed by atoms with van der Waals surface area (Å²) in [6.07, 6.45) is 5.59. The van der Waals surface area contributed by atoms with E-state index in [1.165, 1.54) is 0 Å². The van der Waals surface area contributed by atoms with E-state index in [-0.39, 0.29) is 30.1 Å². The third-order valence-corrected chi connectivity index (χ3v) is 7.32. The lowest BCUT2D eigenvalue weighted by molar-refractivity contribution is -0.136. The monoisotopic (exact) mass is 420 g/mol. The summed E-state index contributed by atoms with van der Waals surface area (Å²) >= 11 is 0. The molecule has 3 aliphatic heterocycles. The molecule has 0 unspecified atom stereocenters. The maximum atomic E-state index is 12.9. The van der Waals surface area contributed by atoms with Crippen LogP contribution < -0.4 is 9.46 Å². The van der Waals surface area contributed by atoms with Gasteiger partial charge in [-0.3, -0.25) is 4.79 Å². The molecule has 158 valence electrons. The molecule has 2 bridgehead atoms. The van der Waals surface area contributed by atoms with E-state index >= 15 is 0 Å². The number of hydrogen-bond donors (Lipinski definition) is 1. The van der Waals surface area contributed by atoms with Crippen molar-refractivity contribution in [3.05, 3.63) is 29.8 Å². The van der Waals surface area contributed by atoms with E-state index in [0.717, 1.165) is 43.3 Å². The van der Waals surface area contributed by atoms with Crippen LogP contribution in [0.1, 0.15) is 43.6 Å². The van der Waals surface area contributed by atoms with Crippen LogP contribution >= 0.6 is 0 Å². The number of sulfonamides is 1. The number of para-hydroxylation sites is 1. The van der Waals surface area contributed by atoms with Gasteiger partial charge in [-0.1, -0.05) is 18.2 Å². The minimum absolute atomic E-state index is 0.0525. The molecule has 1 saturated carbocycles. The lowest BCUT2D eigenvalue weighted by atomic mass is 9.66. The minimum Gasteiger partial charge on any atom is -0.483 e. The highest BCUT2D eigenvalue weighted by atomic mass is 32.2. The van der Waals surface area contributed by atoms with Gasteiger partial charge in [0, 0.05) is 18.1 Å². The summed E-state index contributed by atoms with van der Waals surface area (Å²) in [5.74, 6) is 1.04. The van der Waals surface area contributed by atoms with Crippen LogP contribution in [0.25, 0.3) is 0 Å². The van der Waals surface area contributed by atoms with Crippen LogP contribution in [-0.2, 0) is 19.6 Å².